The number of hydrogen-bond acceptors (Lipinski definition) is 0. The second-order valence-electron chi connectivity index (χ2n) is 0. The Balaban J connectivity index is 0. The van der Waals surface area contributed by atoms with Crippen LogP contribution in [0.2, 0.25) is 0 Å². The smallest absolute Gasteiger partial charge is 0 e. The minimum absolute atomic E-state index is 0. The maximum Gasteiger partial charge on any atom is 0 e. The summed E-state index contributed by atoms with van der Waals surface area (Å²) >= 11 is 0. The molecule has 0 spiro atoms. The summed E-state index contributed by atoms with van der Waals surface area (Å²) in [5.41, 5.74) is 0. The first-order valence-corrected chi connectivity index (χ1v) is 0. The van der Waals surface area contributed by atoms with E-state index in [4.69, 9.17) is 0 Å². The first-order chi connectivity index (χ1) is 0. The Kier molecular flexibility index (Phi) is 259. The molecule has 0 atom stereocenters. The van der Waals surface area contributed by atoms with Crippen LogP contribution >= 0.6 is 0 Å². The first kappa shape index (κ1) is 45.2. The Morgan fingerprint density at radius 3 is 1.00 bits per heavy atom. The third kappa shape index (κ3) is 9.44. The quantitative estimate of drug-likeness (QED) is 0.409. The van der Waals surface area contributed by atoms with Crippen LogP contribution in [0.3, 0.4) is 0 Å². The van der Waals surface area contributed by atoms with Gasteiger partial charge in [0, 0.05) is 34.1 Å². The van der Waals surface area contributed by atoms with Crippen molar-refractivity contribution in [1.29, 1.82) is 0 Å². The summed E-state index contributed by atoms with van der Waals surface area (Å²) in [6.07, 6.45) is 0. The van der Waals surface area contributed by atoms with Crippen LogP contribution < -0.4 is 0 Å². The van der Waals surface area contributed by atoms with Crippen LogP contribution in [-0.4, -0.2) is 18.9 Å². The fourth-order valence-electron chi connectivity index (χ4n) is 0. The molecule has 0 aromatic carbocycles. The number of rotatable bonds is 0. The van der Waals surface area contributed by atoms with Gasteiger partial charge in [-0.15, -0.1) is 0 Å². The molecule has 0 heterocycles. The second kappa shape index (κ2) is 22.9. The SMILES string of the molecule is C.[Fe].[LiH].[Mn]. The van der Waals surface area contributed by atoms with Gasteiger partial charge in [-0.1, -0.05) is 7.43 Å². The normalized spacial score (nSPS) is 0. The van der Waals surface area contributed by atoms with Crippen LogP contribution in [0.4, 0.5) is 0 Å². The van der Waals surface area contributed by atoms with Crippen molar-refractivity contribution in [2.75, 3.05) is 0 Å². The molecule has 3 heteroatoms. The van der Waals surface area contributed by atoms with Gasteiger partial charge in [-0.05, 0) is 0 Å². The van der Waals surface area contributed by atoms with Crippen molar-refractivity contribution in [3.05, 3.63) is 0 Å². The zero-order chi connectivity index (χ0) is 0. The summed E-state index contributed by atoms with van der Waals surface area (Å²) in [7, 11) is 0. The maximum absolute atomic E-state index is 0. The van der Waals surface area contributed by atoms with Crippen molar-refractivity contribution < 1.29 is 34.1 Å². The Labute approximate surface area is 60.2 Å². The van der Waals surface area contributed by atoms with Crippen molar-refractivity contribution in [3.8, 4) is 0 Å². The van der Waals surface area contributed by atoms with E-state index in [1.807, 2.05) is 0 Å². The molecule has 1 radical (unpaired) electrons. The van der Waals surface area contributed by atoms with Gasteiger partial charge in [0.15, 0.2) is 0 Å². The van der Waals surface area contributed by atoms with Crippen LogP contribution in [-0.2, 0) is 34.1 Å². The molecule has 0 bridgehead atoms. The summed E-state index contributed by atoms with van der Waals surface area (Å²) in [6, 6.07) is 0. The van der Waals surface area contributed by atoms with Gasteiger partial charge in [0.25, 0.3) is 0 Å². The first-order valence-electron chi connectivity index (χ1n) is 0. The van der Waals surface area contributed by atoms with Crippen molar-refractivity contribution in [2.24, 2.45) is 0 Å². The monoisotopic (exact) mass is 135 g/mol. The van der Waals surface area contributed by atoms with Crippen molar-refractivity contribution >= 4 is 18.9 Å². The van der Waals surface area contributed by atoms with Crippen LogP contribution in [0, 0.1) is 0 Å². The van der Waals surface area contributed by atoms with Gasteiger partial charge in [-0.25, -0.2) is 0 Å². The standard InChI is InChI=1S/CH4.Fe.Li.Mn.H/h1H4;;;;. The molecular formula is CH5FeLiMn. The predicted molar refractivity (Wildman–Crippen MR) is 13.9 cm³/mol. The molecule has 0 aromatic heterocycles. The molecule has 0 aliphatic rings. The molecule has 0 N–H and O–H groups in total. The molecule has 0 saturated carbocycles. The van der Waals surface area contributed by atoms with E-state index < -0.39 is 0 Å². The molecule has 0 amide bonds. The van der Waals surface area contributed by atoms with Gasteiger partial charge >= 0.3 is 18.9 Å². The average Bonchev–Trinajstić information content (AvgIpc) is 0. The summed E-state index contributed by atoms with van der Waals surface area (Å²) in [4.78, 5) is 0. The summed E-state index contributed by atoms with van der Waals surface area (Å²) in [5, 5.41) is 0. The molecule has 0 saturated heterocycles. The molecular weight excluding hydrogens is 130 g/mol. The molecule has 0 fully saturated rings. The zero-order valence-electron chi connectivity index (χ0n) is 0.732. The minimum Gasteiger partial charge on any atom is 0 e. The molecule has 0 aliphatic heterocycles. The molecule has 0 aliphatic carbocycles. The molecule has 4 heavy (non-hydrogen) atoms. The zero-order valence-corrected chi connectivity index (χ0v) is 3.02. The summed E-state index contributed by atoms with van der Waals surface area (Å²) in [5.74, 6) is 0. The summed E-state index contributed by atoms with van der Waals surface area (Å²) < 4.78 is 0. The molecule has 0 aromatic rings. The van der Waals surface area contributed by atoms with E-state index in [1.54, 1.807) is 0 Å². The largest absolute Gasteiger partial charge is 0 e. The second-order valence-corrected chi connectivity index (χ2v) is 0. The predicted octanol–water partition coefficient (Wildman–Crippen LogP) is -0.0174. The Hall–Kier alpha value is 1.64. The Bertz CT molecular complexity index is 8.00. The van der Waals surface area contributed by atoms with Gasteiger partial charge in [0.05, 0.1) is 0 Å². The van der Waals surface area contributed by atoms with Crippen LogP contribution in [0.1, 0.15) is 7.43 Å². The van der Waals surface area contributed by atoms with Gasteiger partial charge in [0.1, 0.15) is 0 Å². The van der Waals surface area contributed by atoms with Crippen molar-refractivity contribution in [3.63, 3.8) is 0 Å². The van der Waals surface area contributed by atoms with Gasteiger partial charge < -0.3 is 0 Å². The fraction of sp³-hybridized carbons (Fsp3) is 1.00. The van der Waals surface area contributed by atoms with E-state index in [0.29, 0.717) is 0 Å². The van der Waals surface area contributed by atoms with E-state index in [-0.39, 0.29) is 60.4 Å². The summed E-state index contributed by atoms with van der Waals surface area (Å²) in [6.45, 7) is 0. The molecule has 0 nitrogen and oxygen atoms in total. The van der Waals surface area contributed by atoms with Crippen LogP contribution in [0.25, 0.3) is 0 Å². The van der Waals surface area contributed by atoms with Crippen LogP contribution in [0.15, 0.2) is 0 Å². The van der Waals surface area contributed by atoms with Gasteiger partial charge in [-0.3, -0.25) is 0 Å². The third-order valence-corrected chi connectivity index (χ3v) is 0. The van der Waals surface area contributed by atoms with E-state index in [9.17, 15) is 0 Å². The van der Waals surface area contributed by atoms with Crippen molar-refractivity contribution in [1.82, 2.24) is 0 Å². The molecule has 0 unspecified atom stereocenters. The fourth-order valence-corrected chi connectivity index (χ4v) is 0. The van der Waals surface area contributed by atoms with Crippen molar-refractivity contribution in [2.45, 2.75) is 7.43 Å². The van der Waals surface area contributed by atoms with Crippen LogP contribution in [0.5, 0.6) is 0 Å². The van der Waals surface area contributed by atoms with Gasteiger partial charge in [0.2, 0.25) is 0 Å². The maximum atomic E-state index is 0. The van der Waals surface area contributed by atoms with E-state index in [2.05, 4.69) is 0 Å². The molecule has 25 valence electrons. The minimum atomic E-state index is 0. The molecule has 0 rings (SSSR count). The number of hydrogen-bond donors (Lipinski definition) is 0. The Morgan fingerprint density at radius 1 is 1.00 bits per heavy atom. The van der Waals surface area contributed by atoms with E-state index in [1.165, 1.54) is 0 Å². The topological polar surface area (TPSA) is 0 Å². The van der Waals surface area contributed by atoms with E-state index >= 15 is 0 Å². The Morgan fingerprint density at radius 2 is 1.00 bits per heavy atom. The van der Waals surface area contributed by atoms with Gasteiger partial charge in [-0.2, -0.15) is 0 Å². The third-order valence-electron chi connectivity index (χ3n) is 0. The van der Waals surface area contributed by atoms with E-state index in [0.717, 1.165) is 0 Å². The average molecular weight is 135 g/mol.